The predicted octanol–water partition coefficient (Wildman–Crippen LogP) is 5.06. The molecule has 134 valence electrons. The number of carbonyl (C=O) groups excluding carboxylic acids is 1. The highest BCUT2D eigenvalue weighted by atomic mass is 79.9. The summed E-state index contributed by atoms with van der Waals surface area (Å²) < 4.78 is 11.5. The first-order chi connectivity index (χ1) is 12.5. The van der Waals surface area contributed by atoms with Crippen LogP contribution >= 0.6 is 27.5 Å². The van der Waals surface area contributed by atoms with Crippen LogP contribution in [0.2, 0.25) is 5.02 Å². The minimum absolute atomic E-state index is 0.0653. The topological polar surface area (TPSA) is 71.3 Å². The van der Waals surface area contributed by atoms with E-state index < -0.39 is 5.91 Å². The second kappa shape index (κ2) is 9.27. The Morgan fingerprint density at radius 2 is 2.12 bits per heavy atom. The van der Waals surface area contributed by atoms with Gasteiger partial charge in [0.25, 0.3) is 5.91 Å². The van der Waals surface area contributed by atoms with Crippen LogP contribution < -0.4 is 14.8 Å². The first kappa shape index (κ1) is 19.8. The van der Waals surface area contributed by atoms with E-state index in [9.17, 15) is 10.1 Å². The number of methoxy groups -OCH3 is 1. The molecular formula is C19H16BrClN2O3. The maximum Gasteiger partial charge on any atom is 0.266 e. The molecule has 0 spiro atoms. The Morgan fingerprint density at radius 1 is 1.38 bits per heavy atom. The van der Waals surface area contributed by atoms with E-state index in [1.807, 2.05) is 19.1 Å². The molecular weight excluding hydrogens is 420 g/mol. The van der Waals surface area contributed by atoms with Gasteiger partial charge in [-0.3, -0.25) is 4.79 Å². The fourth-order valence-electron chi connectivity index (χ4n) is 2.20. The van der Waals surface area contributed by atoms with Crippen molar-refractivity contribution >= 4 is 45.2 Å². The molecule has 0 saturated carbocycles. The maximum absolute atomic E-state index is 12.4. The monoisotopic (exact) mass is 434 g/mol. The van der Waals surface area contributed by atoms with Crippen LogP contribution in [0.3, 0.4) is 0 Å². The van der Waals surface area contributed by atoms with Gasteiger partial charge in [0.2, 0.25) is 0 Å². The van der Waals surface area contributed by atoms with Crippen LogP contribution in [0.5, 0.6) is 11.5 Å². The summed E-state index contributed by atoms with van der Waals surface area (Å²) in [6.07, 6.45) is 1.44. The van der Waals surface area contributed by atoms with Gasteiger partial charge in [0.05, 0.1) is 24.4 Å². The minimum Gasteiger partial charge on any atom is -0.491 e. The average Bonchev–Trinajstić information content (AvgIpc) is 2.61. The number of nitrogens with one attached hydrogen (secondary N) is 1. The van der Waals surface area contributed by atoms with Crippen molar-refractivity contribution in [2.45, 2.75) is 6.92 Å². The van der Waals surface area contributed by atoms with Crippen molar-refractivity contribution in [3.63, 3.8) is 0 Å². The van der Waals surface area contributed by atoms with E-state index in [-0.39, 0.29) is 5.57 Å². The van der Waals surface area contributed by atoms with E-state index in [1.54, 1.807) is 30.3 Å². The largest absolute Gasteiger partial charge is 0.491 e. The summed E-state index contributed by atoms with van der Waals surface area (Å²) in [6.45, 7) is 2.26. The van der Waals surface area contributed by atoms with Crippen LogP contribution in [0.4, 0.5) is 5.69 Å². The normalized spacial score (nSPS) is 10.8. The predicted molar refractivity (Wildman–Crippen MR) is 106 cm³/mol. The molecule has 0 aliphatic rings. The lowest BCUT2D eigenvalue weighted by molar-refractivity contribution is -0.112. The van der Waals surface area contributed by atoms with Gasteiger partial charge in [-0.2, -0.15) is 5.26 Å². The van der Waals surface area contributed by atoms with Crippen LogP contribution in [0.25, 0.3) is 6.08 Å². The Labute approximate surface area is 165 Å². The number of nitriles is 1. The molecule has 5 nitrogen and oxygen atoms in total. The Morgan fingerprint density at radius 3 is 2.73 bits per heavy atom. The lowest BCUT2D eigenvalue weighted by atomic mass is 10.1. The number of halogens is 2. The lowest BCUT2D eigenvalue weighted by Crippen LogP contribution is -2.13. The van der Waals surface area contributed by atoms with Crippen molar-refractivity contribution in [1.82, 2.24) is 0 Å². The van der Waals surface area contributed by atoms with Gasteiger partial charge in [0.15, 0.2) is 11.5 Å². The smallest absolute Gasteiger partial charge is 0.266 e. The van der Waals surface area contributed by atoms with Gasteiger partial charge in [0.1, 0.15) is 11.6 Å². The highest BCUT2D eigenvalue weighted by Crippen LogP contribution is 2.37. The van der Waals surface area contributed by atoms with Crippen molar-refractivity contribution in [3.05, 3.63) is 57.0 Å². The Kier molecular flexibility index (Phi) is 7.07. The van der Waals surface area contributed by atoms with E-state index >= 15 is 0 Å². The second-order valence-corrected chi connectivity index (χ2v) is 6.33. The van der Waals surface area contributed by atoms with Gasteiger partial charge in [-0.15, -0.1) is 0 Å². The molecule has 2 aromatic carbocycles. The fraction of sp³-hybridized carbons (Fsp3) is 0.158. The van der Waals surface area contributed by atoms with Crippen LogP contribution in [-0.4, -0.2) is 19.6 Å². The lowest BCUT2D eigenvalue weighted by Gasteiger charge is -2.12. The molecule has 1 N–H and O–H groups in total. The van der Waals surface area contributed by atoms with Crippen molar-refractivity contribution < 1.29 is 14.3 Å². The van der Waals surface area contributed by atoms with Crippen molar-refractivity contribution in [3.8, 4) is 17.6 Å². The summed E-state index contributed by atoms with van der Waals surface area (Å²) in [4.78, 5) is 12.4. The maximum atomic E-state index is 12.4. The Balaban J connectivity index is 2.35. The van der Waals surface area contributed by atoms with Crippen molar-refractivity contribution in [1.29, 1.82) is 5.26 Å². The molecule has 26 heavy (non-hydrogen) atoms. The zero-order chi connectivity index (χ0) is 19.1. The molecule has 0 saturated heterocycles. The average molecular weight is 436 g/mol. The number of ether oxygens (including phenoxy) is 2. The van der Waals surface area contributed by atoms with Crippen LogP contribution in [-0.2, 0) is 4.79 Å². The molecule has 2 aromatic rings. The van der Waals surface area contributed by atoms with E-state index in [2.05, 4.69) is 21.2 Å². The molecule has 7 heteroatoms. The van der Waals surface area contributed by atoms with Gasteiger partial charge < -0.3 is 14.8 Å². The number of hydrogen-bond acceptors (Lipinski definition) is 4. The zero-order valence-corrected chi connectivity index (χ0v) is 16.5. The molecule has 2 rings (SSSR count). The number of nitrogens with zero attached hydrogens (tertiary/aromatic N) is 1. The molecule has 0 aromatic heterocycles. The molecule has 0 atom stereocenters. The molecule has 0 radical (unpaired) electrons. The zero-order valence-electron chi connectivity index (χ0n) is 14.2. The Hall–Kier alpha value is -2.49. The third kappa shape index (κ3) is 4.78. The molecule has 0 aliphatic carbocycles. The number of hydrogen-bond donors (Lipinski definition) is 1. The molecule has 0 aliphatic heterocycles. The highest BCUT2D eigenvalue weighted by Gasteiger charge is 2.14. The summed E-state index contributed by atoms with van der Waals surface area (Å²) >= 11 is 9.55. The first-order valence-corrected chi connectivity index (χ1v) is 8.85. The number of anilines is 1. The van der Waals surface area contributed by atoms with E-state index in [0.717, 1.165) is 4.47 Å². The van der Waals surface area contributed by atoms with Gasteiger partial charge >= 0.3 is 0 Å². The van der Waals surface area contributed by atoms with Gasteiger partial charge in [-0.1, -0.05) is 23.7 Å². The van der Waals surface area contributed by atoms with Crippen LogP contribution in [0.1, 0.15) is 12.5 Å². The number of amides is 1. The van der Waals surface area contributed by atoms with E-state index in [1.165, 1.54) is 13.2 Å². The fourth-order valence-corrected chi connectivity index (χ4v) is 2.88. The van der Waals surface area contributed by atoms with Crippen molar-refractivity contribution in [2.24, 2.45) is 0 Å². The highest BCUT2D eigenvalue weighted by molar-refractivity contribution is 9.10. The van der Waals surface area contributed by atoms with Crippen LogP contribution in [0.15, 0.2) is 46.4 Å². The number of carbonyl (C=O) groups is 1. The summed E-state index contributed by atoms with van der Waals surface area (Å²) in [7, 11) is 1.49. The molecule has 0 heterocycles. The van der Waals surface area contributed by atoms with Crippen molar-refractivity contribution in [2.75, 3.05) is 19.0 Å². The minimum atomic E-state index is -0.524. The van der Waals surface area contributed by atoms with Gasteiger partial charge in [0, 0.05) is 4.47 Å². The number of benzene rings is 2. The van der Waals surface area contributed by atoms with E-state index in [4.69, 9.17) is 21.1 Å². The van der Waals surface area contributed by atoms with Gasteiger partial charge in [-0.05, 0) is 58.8 Å². The van der Waals surface area contributed by atoms with Crippen LogP contribution in [0, 0.1) is 11.3 Å². The summed E-state index contributed by atoms with van der Waals surface area (Å²) in [5.41, 5.74) is 1.06. The number of para-hydroxylation sites is 1. The molecule has 1 amide bonds. The SMILES string of the molecule is CCOc1cc(/C=C(\C#N)C(=O)Nc2ccccc2Br)cc(Cl)c1OC. The molecule has 0 fully saturated rings. The quantitative estimate of drug-likeness (QED) is 0.509. The Bertz CT molecular complexity index is 891. The third-order valence-electron chi connectivity index (χ3n) is 3.33. The third-order valence-corrected chi connectivity index (χ3v) is 4.31. The number of rotatable bonds is 6. The molecule has 0 bridgehead atoms. The van der Waals surface area contributed by atoms with Gasteiger partial charge in [-0.25, -0.2) is 0 Å². The summed E-state index contributed by atoms with van der Waals surface area (Å²) in [5.74, 6) is 0.323. The summed E-state index contributed by atoms with van der Waals surface area (Å²) in [6, 6.07) is 12.3. The summed E-state index contributed by atoms with van der Waals surface area (Å²) in [5, 5.41) is 12.4. The molecule has 0 unspecified atom stereocenters. The van der Waals surface area contributed by atoms with E-state index in [0.29, 0.717) is 34.4 Å². The standard InChI is InChI=1S/C19H16BrClN2O3/c1-3-26-17-10-12(9-15(21)18(17)25-2)8-13(11-22)19(24)23-16-7-5-4-6-14(16)20/h4-10H,3H2,1-2H3,(H,23,24)/b13-8+. The first-order valence-electron chi connectivity index (χ1n) is 7.68. The second-order valence-electron chi connectivity index (χ2n) is 5.07.